The number of hydrogen-bond acceptors (Lipinski definition) is 4. The van der Waals surface area contributed by atoms with Gasteiger partial charge in [0.1, 0.15) is 0 Å². The van der Waals surface area contributed by atoms with Crippen molar-refractivity contribution >= 4 is 23.0 Å². The third-order valence-electron chi connectivity index (χ3n) is 3.54. The van der Waals surface area contributed by atoms with Gasteiger partial charge in [-0.15, -0.1) is 0 Å². The van der Waals surface area contributed by atoms with Gasteiger partial charge in [0.15, 0.2) is 0 Å². The van der Waals surface area contributed by atoms with Crippen molar-refractivity contribution in [1.82, 2.24) is 0 Å². The molecular weight excluding hydrogens is 268 g/mol. The Morgan fingerprint density at radius 3 is 2.89 bits per heavy atom. The molecule has 0 amide bonds. The Labute approximate surface area is 116 Å². The minimum absolute atomic E-state index is 0.0157. The minimum Gasteiger partial charge on any atom is -0.396 e. The van der Waals surface area contributed by atoms with Crippen LogP contribution in [0.25, 0.3) is 0 Å². The van der Waals surface area contributed by atoms with Crippen molar-refractivity contribution < 1.29 is 10.0 Å². The molecule has 1 heterocycles. The first kappa shape index (κ1) is 14.1. The molecule has 2 rings (SSSR count). The molecule has 0 aliphatic carbocycles. The number of aryl methyl sites for hydroxylation is 1. The maximum Gasteiger partial charge on any atom is 0.271 e. The van der Waals surface area contributed by atoms with Gasteiger partial charge in [0.2, 0.25) is 0 Å². The van der Waals surface area contributed by atoms with Crippen molar-refractivity contribution in [3.05, 3.63) is 32.8 Å². The average molecular weight is 285 g/mol. The largest absolute Gasteiger partial charge is 0.396 e. The van der Waals surface area contributed by atoms with Gasteiger partial charge in [0, 0.05) is 31.8 Å². The maximum absolute atomic E-state index is 10.8. The molecule has 1 N–H and O–H groups in total. The molecule has 0 bridgehead atoms. The van der Waals surface area contributed by atoms with Crippen LogP contribution in [0.1, 0.15) is 18.4 Å². The second-order valence-corrected chi connectivity index (χ2v) is 5.39. The first-order valence-electron chi connectivity index (χ1n) is 6.33. The summed E-state index contributed by atoms with van der Waals surface area (Å²) >= 11 is 6.19. The van der Waals surface area contributed by atoms with Crippen LogP contribution < -0.4 is 4.90 Å². The lowest BCUT2D eigenvalue weighted by molar-refractivity contribution is -0.384. The first-order valence-corrected chi connectivity index (χ1v) is 6.71. The van der Waals surface area contributed by atoms with Crippen molar-refractivity contribution in [2.24, 2.45) is 5.92 Å². The zero-order valence-corrected chi connectivity index (χ0v) is 11.6. The Morgan fingerprint density at radius 2 is 2.32 bits per heavy atom. The number of nitrogens with zero attached hydrogens (tertiary/aromatic N) is 2. The predicted octanol–water partition coefficient (Wildman–Crippen LogP) is 2.77. The fourth-order valence-corrected chi connectivity index (χ4v) is 3.02. The molecule has 6 heteroatoms. The third-order valence-corrected chi connectivity index (χ3v) is 3.83. The normalized spacial score (nSPS) is 19.5. The Hall–Kier alpha value is -1.33. The van der Waals surface area contributed by atoms with Crippen molar-refractivity contribution in [2.75, 3.05) is 24.6 Å². The van der Waals surface area contributed by atoms with E-state index < -0.39 is 4.92 Å². The van der Waals surface area contributed by atoms with Gasteiger partial charge in [-0.1, -0.05) is 11.6 Å². The molecule has 104 valence electrons. The van der Waals surface area contributed by atoms with E-state index in [0.29, 0.717) is 5.02 Å². The van der Waals surface area contributed by atoms with Crippen LogP contribution >= 0.6 is 11.6 Å². The molecule has 0 aromatic heterocycles. The molecule has 1 atom stereocenters. The van der Waals surface area contributed by atoms with E-state index in [2.05, 4.69) is 4.90 Å². The molecule has 5 nitrogen and oxygen atoms in total. The van der Waals surface area contributed by atoms with Crippen LogP contribution in [0.4, 0.5) is 11.4 Å². The zero-order chi connectivity index (χ0) is 14.0. The number of non-ortho nitro benzene ring substituents is 1. The number of benzene rings is 1. The Kier molecular flexibility index (Phi) is 4.27. The summed E-state index contributed by atoms with van der Waals surface area (Å²) in [7, 11) is 0. The van der Waals surface area contributed by atoms with E-state index in [0.717, 1.165) is 37.2 Å². The third kappa shape index (κ3) is 2.98. The summed E-state index contributed by atoms with van der Waals surface area (Å²) in [5, 5.41) is 20.5. The van der Waals surface area contributed by atoms with Crippen LogP contribution in [0, 0.1) is 23.0 Å². The lowest BCUT2D eigenvalue weighted by Gasteiger charge is -2.35. The van der Waals surface area contributed by atoms with E-state index in [4.69, 9.17) is 11.6 Å². The Bertz CT molecular complexity index is 470. The van der Waals surface area contributed by atoms with Crippen LogP contribution in [0.5, 0.6) is 0 Å². The van der Waals surface area contributed by atoms with Crippen LogP contribution in [-0.2, 0) is 0 Å². The molecule has 1 aliphatic rings. The highest BCUT2D eigenvalue weighted by atomic mass is 35.5. The molecule has 1 aromatic rings. The summed E-state index contributed by atoms with van der Waals surface area (Å²) in [6.07, 6.45) is 2.01. The Balaban J connectivity index is 2.31. The van der Waals surface area contributed by atoms with Crippen molar-refractivity contribution in [2.45, 2.75) is 19.8 Å². The van der Waals surface area contributed by atoms with E-state index in [9.17, 15) is 15.2 Å². The maximum atomic E-state index is 10.8. The summed E-state index contributed by atoms with van der Waals surface area (Å²) < 4.78 is 0. The zero-order valence-electron chi connectivity index (χ0n) is 10.8. The molecule has 1 fully saturated rings. The van der Waals surface area contributed by atoms with E-state index in [1.807, 2.05) is 6.92 Å². The quantitative estimate of drug-likeness (QED) is 0.684. The van der Waals surface area contributed by atoms with Gasteiger partial charge >= 0.3 is 0 Å². The number of rotatable bonds is 3. The molecular formula is C13H17ClN2O3. The lowest BCUT2D eigenvalue weighted by Crippen LogP contribution is -2.37. The number of halogens is 1. The van der Waals surface area contributed by atoms with Crippen LogP contribution in [0.2, 0.25) is 5.02 Å². The molecule has 1 unspecified atom stereocenters. The van der Waals surface area contributed by atoms with Gasteiger partial charge in [-0.3, -0.25) is 10.1 Å². The molecule has 0 spiro atoms. The van der Waals surface area contributed by atoms with Gasteiger partial charge in [-0.25, -0.2) is 0 Å². The lowest BCUT2D eigenvalue weighted by atomic mass is 9.97. The molecule has 1 saturated heterocycles. The van der Waals surface area contributed by atoms with Gasteiger partial charge in [-0.2, -0.15) is 0 Å². The molecule has 1 aliphatic heterocycles. The van der Waals surface area contributed by atoms with Crippen molar-refractivity contribution in [1.29, 1.82) is 0 Å². The van der Waals surface area contributed by atoms with Gasteiger partial charge in [0.25, 0.3) is 5.69 Å². The molecule has 19 heavy (non-hydrogen) atoms. The van der Waals surface area contributed by atoms with E-state index in [-0.39, 0.29) is 18.2 Å². The number of aliphatic hydroxyl groups is 1. The highest BCUT2D eigenvalue weighted by Gasteiger charge is 2.23. The second kappa shape index (κ2) is 5.75. The molecule has 1 aromatic carbocycles. The smallest absolute Gasteiger partial charge is 0.271 e. The molecule has 0 saturated carbocycles. The summed E-state index contributed by atoms with van der Waals surface area (Å²) in [4.78, 5) is 12.5. The predicted molar refractivity (Wildman–Crippen MR) is 74.9 cm³/mol. The number of aliphatic hydroxyl groups excluding tert-OH is 1. The minimum atomic E-state index is -0.435. The fraction of sp³-hybridized carbons (Fsp3) is 0.538. The SMILES string of the molecule is Cc1cc([N+](=O)[O-])cc(Cl)c1N1CCCC(CO)C1. The van der Waals surface area contributed by atoms with E-state index in [1.165, 1.54) is 6.07 Å². The molecule has 0 radical (unpaired) electrons. The number of nitro groups is 1. The van der Waals surface area contributed by atoms with Crippen LogP contribution in [0.15, 0.2) is 12.1 Å². The summed E-state index contributed by atoms with van der Waals surface area (Å²) in [5.41, 5.74) is 1.67. The standard InChI is InChI=1S/C13H17ClN2O3/c1-9-5-11(16(18)19)6-12(14)13(9)15-4-2-3-10(7-15)8-17/h5-6,10,17H,2-4,7-8H2,1H3. The summed E-state index contributed by atoms with van der Waals surface area (Å²) in [5.74, 6) is 0.249. The topological polar surface area (TPSA) is 66.6 Å². The number of anilines is 1. The van der Waals surface area contributed by atoms with E-state index >= 15 is 0 Å². The fourth-order valence-electron chi connectivity index (χ4n) is 2.64. The Morgan fingerprint density at radius 1 is 1.58 bits per heavy atom. The first-order chi connectivity index (χ1) is 9.02. The van der Waals surface area contributed by atoms with Crippen LogP contribution in [0.3, 0.4) is 0 Å². The number of nitro benzene ring substituents is 1. The van der Waals surface area contributed by atoms with E-state index in [1.54, 1.807) is 6.07 Å². The van der Waals surface area contributed by atoms with Gasteiger partial charge in [-0.05, 0) is 31.2 Å². The summed E-state index contributed by atoms with van der Waals surface area (Å²) in [6.45, 7) is 3.61. The average Bonchev–Trinajstić information content (AvgIpc) is 2.38. The van der Waals surface area contributed by atoms with Crippen molar-refractivity contribution in [3.63, 3.8) is 0 Å². The highest BCUT2D eigenvalue weighted by molar-refractivity contribution is 6.33. The monoisotopic (exact) mass is 284 g/mol. The summed E-state index contributed by atoms with van der Waals surface area (Å²) in [6, 6.07) is 2.94. The van der Waals surface area contributed by atoms with Crippen molar-refractivity contribution in [3.8, 4) is 0 Å². The van der Waals surface area contributed by atoms with Gasteiger partial charge < -0.3 is 10.0 Å². The second-order valence-electron chi connectivity index (χ2n) is 4.99. The number of hydrogen-bond donors (Lipinski definition) is 1. The number of piperidine rings is 1. The van der Waals surface area contributed by atoms with Gasteiger partial charge in [0.05, 0.1) is 15.6 Å². The highest BCUT2D eigenvalue weighted by Crippen LogP contribution is 2.35. The van der Waals surface area contributed by atoms with Crippen LogP contribution in [-0.4, -0.2) is 29.7 Å².